The predicted octanol–water partition coefficient (Wildman–Crippen LogP) is 0.380. The van der Waals surface area contributed by atoms with Crippen molar-refractivity contribution in [1.29, 1.82) is 0 Å². The van der Waals surface area contributed by atoms with Gasteiger partial charge in [0.25, 0.3) is 0 Å². The molecular formula is C11H14FN2O13P3S2. The van der Waals surface area contributed by atoms with E-state index in [1.807, 2.05) is 5.92 Å². The number of hydrogen-bond donors (Lipinski definition) is 7. The van der Waals surface area contributed by atoms with Gasteiger partial charge in [0.1, 0.15) is 23.5 Å². The average molecular weight is 558 g/mol. The number of terminal acetylenes is 1. The number of aromatic nitrogens is 2. The van der Waals surface area contributed by atoms with E-state index in [-0.39, 0.29) is 9.41 Å². The lowest BCUT2D eigenvalue weighted by Crippen LogP contribution is -2.45. The number of halogens is 1. The maximum absolute atomic E-state index is 13.8. The summed E-state index contributed by atoms with van der Waals surface area (Å²) in [6.45, 7) is -1.28. The predicted molar refractivity (Wildman–Crippen MR) is 104 cm³/mol. The number of hydrogen-bond acceptors (Lipinski definition) is 11. The van der Waals surface area contributed by atoms with Crippen LogP contribution < -0.4 is 0 Å². The Morgan fingerprint density at radius 2 is 1.81 bits per heavy atom. The second-order valence-electron chi connectivity index (χ2n) is 5.99. The van der Waals surface area contributed by atoms with Gasteiger partial charge in [0.15, 0.2) is 22.4 Å². The highest BCUT2D eigenvalue weighted by Gasteiger charge is 2.56. The third-order valence-corrected chi connectivity index (χ3v) is 8.12. The van der Waals surface area contributed by atoms with Crippen molar-refractivity contribution in [2.75, 3.05) is 6.61 Å². The zero-order chi connectivity index (χ0) is 24.7. The van der Waals surface area contributed by atoms with Crippen molar-refractivity contribution in [3.05, 3.63) is 21.4 Å². The lowest BCUT2D eigenvalue weighted by molar-refractivity contribution is -0.0916. The normalized spacial score (nSPS) is 29.8. The molecule has 0 bridgehead atoms. The van der Waals surface area contributed by atoms with Gasteiger partial charge >= 0.3 is 23.5 Å². The minimum Gasteiger partial charge on any atom is -0.386 e. The zero-order valence-electron chi connectivity index (χ0n) is 15.1. The topological polar surface area (TPSA) is 230 Å². The summed E-state index contributed by atoms with van der Waals surface area (Å²) in [4.78, 5) is 38.0. The molecule has 21 heteroatoms. The highest BCUT2D eigenvalue weighted by molar-refractivity contribution is 7.72. The first-order chi connectivity index (χ1) is 14.4. The maximum atomic E-state index is 13.8. The molecule has 1 fully saturated rings. The number of aliphatic hydroxyl groups excluding tert-OH is 2. The van der Waals surface area contributed by atoms with E-state index in [0.29, 0.717) is 0 Å². The number of aromatic amines is 1. The number of phosphoric ester groups is 1. The van der Waals surface area contributed by atoms with Crippen molar-refractivity contribution in [3.63, 3.8) is 0 Å². The van der Waals surface area contributed by atoms with Gasteiger partial charge in [-0.05, 0) is 12.2 Å². The monoisotopic (exact) mass is 558 g/mol. The van der Waals surface area contributed by atoms with Gasteiger partial charge in [0.2, 0.25) is 0 Å². The molecule has 3 unspecified atom stereocenters. The molecule has 1 aromatic heterocycles. The Labute approximate surface area is 187 Å². The Bertz CT molecular complexity index is 1190. The van der Waals surface area contributed by atoms with E-state index in [9.17, 15) is 33.2 Å². The first-order valence-corrected chi connectivity index (χ1v) is 13.1. The highest BCUT2D eigenvalue weighted by atomic mass is 32.1. The van der Waals surface area contributed by atoms with Crippen LogP contribution in [0, 0.1) is 27.6 Å². The molecule has 6 atom stereocenters. The first kappa shape index (κ1) is 27.5. The quantitative estimate of drug-likeness (QED) is 0.130. The number of H-pyrrole nitrogens is 1. The Morgan fingerprint density at radius 3 is 2.34 bits per heavy atom. The molecule has 0 saturated carbocycles. The molecule has 0 spiro atoms. The molecule has 1 aliphatic rings. The van der Waals surface area contributed by atoms with E-state index in [4.69, 9.17) is 38.1 Å². The molecule has 2 heterocycles. The van der Waals surface area contributed by atoms with Crippen LogP contribution in [-0.2, 0) is 31.6 Å². The molecule has 0 aliphatic carbocycles. The van der Waals surface area contributed by atoms with Crippen molar-refractivity contribution < 1.29 is 65.8 Å². The molecule has 180 valence electrons. The van der Waals surface area contributed by atoms with Gasteiger partial charge in [-0.2, -0.15) is 8.62 Å². The molecule has 2 rings (SSSR count). The van der Waals surface area contributed by atoms with Gasteiger partial charge in [-0.25, -0.2) is 18.1 Å². The fourth-order valence-electron chi connectivity index (χ4n) is 2.42. The summed E-state index contributed by atoms with van der Waals surface area (Å²) >= 11 is 9.61. The van der Waals surface area contributed by atoms with Crippen molar-refractivity contribution in [2.24, 2.45) is 0 Å². The molecule has 0 radical (unpaired) electrons. The number of rotatable bonds is 8. The zero-order valence-corrected chi connectivity index (χ0v) is 19.4. The van der Waals surface area contributed by atoms with Crippen molar-refractivity contribution in [1.82, 2.24) is 9.55 Å². The number of aliphatic hydroxyl groups is 2. The van der Waals surface area contributed by atoms with Gasteiger partial charge in [-0.1, -0.05) is 18.1 Å². The molecule has 0 aromatic carbocycles. The Hall–Kier alpha value is -0.700. The summed E-state index contributed by atoms with van der Waals surface area (Å²) in [5.74, 6) is 0.891. The summed E-state index contributed by atoms with van der Waals surface area (Å²) in [6.07, 6.45) is 0.428. The van der Waals surface area contributed by atoms with Crippen LogP contribution in [0.2, 0.25) is 0 Å². The van der Waals surface area contributed by atoms with Gasteiger partial charge in [0.05, 0.1) is 0 Å². The summed E-state index contributed by atoms with van der Waals surface area (Å²) in [5, 5.41) is 20.6. The largest absolute Gasteiger partial charge is 0.490 e. The minimum atomic E-state index is -5.81. The molecule has 1 aromatic rings. The smallest absolute Gasteiger partial charge is 0.386 e. The second kappa shape index (κ2) is 9.51. The summed E-state index contributed by atoms with van der Waals surface area (Å²) in [6, 6.07) is 0. The molecule has 1 aliphatic heterocycles. The van der Waals surface area contributed by atoms with Gasteiger partial charge in [-0.3, -0.25) is 9.09 Å². The summed E-state index contributed by atoms with van der Waals surface area (Å²) in [7, 11) is -17.1. The van der Waals surface area contributed by atoms with Crippen LogP contribution in [0.15, 0.2) is 6.20 Å². The Morgan fingerprint density at radius 1 is 1.22 bits per heavy atom. The van der Waals surface area contributed by atoms with E-state index in [1.54, 1.807) is 0 Å². The SMILES string of the molecule is C#C[C@]1(COP(=O)(O)OP(=O)(O)OP(=O)(O)O)O[C@@H](n2cc(F)c(=S)[nH]c2=S)[C@@H](O)C1O. The van der Waals surface area contributed by atoms with Crippen LogP contribution in [0.3, 0.4) is 0 Å². The van der Waals surface area contributed by atoms with Gasteiger partial charge < -0.3 is 39.5 Å². The van der Waals surface area contributed by atoms with E-state index >= 15 is 0 Å². The maximum Gasteiger partial charge on any atom is 0.490 e. The number of nitrogens with zero attached hydrogens (tertiary/aromatic N) is 1. The van der Waals surface area contributed by atoms with E-state index in [2.05, 4.69) is 30.3 Å². The number of phosphoric acid groups is 3. The van der Waals surface area contributed by atoms with Gasteiger partial charge in [0, 0.05) is 6.20 Å². The lowest BCUT2D eigenvalue weighted by Gasteiger charge is -2.27. The molecule has 1 saturated heterocycles. The molecule has 32 heavy (non-hydrogen) atoms. The highest BCUT2D eigenvalue weighted by Crippen LogP contribution is 2.66. The molecule has 0 amide bonds. The number of nitrogens with one attached hydrogen (secondary N) is 1. The van der Waals surface area contributed by atoms with Crippen molar-refractivity contribution >= 4 is 47.9 Å². The van der Waals surface area contributed by atoms with Crippen molar-refractivity contribution in [2.45, 2.75) is 24.0 Å². The van der Waals surface area contributed by atoms with Crippen LogP contribution in [-0.4, -0.2) is 63.8 Å². The Kier molecular flexibility index (Phi) is 8.19. The van der Waals surface area contributed by atoms with Crippen LogP contribution in [0.4, 0.5) is 4.39 Å². The fourth-order valence-corrected chi connectivity index (χ4v) is 5.94. The van der Waals surface area contributed by atoms with Crippen LogP contribution >= 0.6 is 47.9 Å². The molecule has 7 N–H and O–H groups in total. The first-order valence-electron chi connectivity index (χ1n) is 7.73. The van der Waals surface area contributed by atoms with Crippen molar-refractivity contribution in [3.8, 4) is 12.3 Å². The summed E-state index contributed by atoms with van der Waals surface area (Å²) < 4.78 is 64.7. The minimum absolute atomic E-state index is 0.256. The molecule has 15 nitrogen and oxygen atoms in total. The second-order valence-corrected chi connectivity index (χ2v) is 11.2. The van der Waals surface area contributed by atoms with E-state index in [0.717, 1.165) is 10.8 Å². The van der Waals surface area contributed by atoms with Crippen LogP contribution in [0.25, 0.3) is 0 Å². The Balaban J connectivity index is 2.26. The third-order valence-electron chi connectivity index (χ3n) is 3.73. The molecular weight excluding hydrogens is 544 g/mol. The van der Waals surface area contributed by atoms with E-state index in [1.165, 1.54) is 0 Å². The average Bonchev–Trinajstić information content (AvgIpc) is 2.85. The van der Waals surface area contributed by atoms with Gasteiger partial charge in [-0.15, -0.1) is 6.42 Å². The van der Waals surface area contributed by atoms with Crippen LogP contribution in [0.5, 0.6) is 0 Å². The lowest BCUT2D eigenvalue weighted by atomic mass is 9.97. The fraction of sp³-hybridized carbons (Fsp3) is 0.455. The van der Waals surface area contributed by atoms with Crippen LogP contribution in [0.1, 0.15) is 6.23 Å². The third kappa shape index (κ3) is 6.45. The standard InChI is InChI=1S/C11H14FN2O13P3S2/c1-2-11(4-24-29(20,21)27-30(22,23)26-28(17,18)19)7(16)6(15)9(25-11)14-3-5(12)8(31)13-10(14)32/h1,3,6-7,9,15-16H,4H2,(H,20,21)(H,22,23)(H,13,31,32)(H2,17,18,19)/t6-,7?,9+,11+/m0/s1. The summed E-state index contributed by atoms with van der Waals surface area (Å²) in [5.41, 5.74) is -2.41. The van der Waals surface area contributed by atoms with E-state index < -0.39 is 59.9 Å². The number of ether oxygens (including phenoxy) is 1.